The fourth-order valence-electron chi connectivity index (χ4n) is 3.55. The number of aromatic nitrogens is 2. The van der Waals surface area contributed by atoms with Gasteiger partial charge in [-0.25, -0.2) is 4.98 Å². The number of pyridine rings is 1. The second-order valence-corrected chi connectivity index (χ2v) is 7.29. The molecule has 2 N–H and O–H groups in total. The topological polar surface area (TPSA) is 58.4 Å². The summed E-state index contributed by atoms with van der Waals surface area (Å²) in [4.78, 5) is 17.7. The summed E-state index contributed by atoms with van der Waals surface area (Å²) in [5.41, 5.74) is 5.74. The smallest absolute Gasteiger partial charge is 0.246 e. The molecule has 2 aromatic carbocycles. The van der Waals surface area contributed by atoms with Gasteiger partial charge in [0.05, 0.1) is 5.69 Å². The maximum absolute atomic E-state index is 13.1. The highest BCUT2D eigenvalue weighted by atomic mass is 16.2. The van der Waals surface area contributed by atoms with E-state index in [0.717, 1.165) is 33.7 Å². The molecule has 1 atom stereocenters. The SMILES string of the molecule is Cc1cc(C)cc(NC(=O)[C@H](NCc2cn3ccccc3n2)c2ccccc2)c1. The van der Waals surface area contributed by atoms with Gasteiger partial charge in [0.15, 0.2) is 0 Å². The number of hydrogen-bond acceptors (Lipinski definition) is 3. The summed E-state index contributed by atoms with van der Waals surface area (Å²) in [7, 11) is 0. The molecule has 4 rings (SSSR count). The van der Waals surface area contributed by atoms with Gasteiger partial charge in [0.2, 0.25) is 5.91 Å². The largest absolute Gasteiger partial charge is 0.324 e. The standard InChI is InChI=1S/C24H24N4O/c1-17-12-18(2)14-20(13-17)27-24(29)23(19-8-4-3-5-9-19)25-15-21-16-28-11-7-6-10-22(28)26-21/h3-14,16,23,25H,15H2,1-2H3,(H,27,29)/t23-/m1/s1. The van der Waals surface area contributed by atoms with Crippen LogP contribution in [0.15, 0.2) is 79.1 Å². The lowest BCUT2D eigenvalue weighted by atomic mass is 10.1. The highest BCUT2D eigenvalue weighted by molar-refractivity contribution is 5.95. The number of fused-ring (bicyclic) bond motifs is 1. The Morgan fingerprint density at radius 1 is 1.00 bits per heavy atom. The minimum Gasteiger partial charge on any atom is -0.324 e. The molecule has 146 valence electrons. The van der Waals surface area contributed by atoms with E-state index < -0.39 is 6.04 Å². The van der Waals surface area contributed by atoms with E-state index in [2.05, 4.69) is 21.7 Å². The Morgan fingerprint density at radius 2 is 1.72 bits per heavy atom. The van der Waals surface area contributed by atoms with Crippen LogP contribution in [0.3, 0.4) is 0 Å². The van der Waals surface area contributed by atoms with Crippen molar-refractivity contribution in [3.63, 3.8) is 0 Å². The number of benzene rings is 2. The third-order valence-corrected chi connectivity index (χ3v) is 4.79. The van der Waals surface area contributed by atoms with Crippen molar-refractivity contribution < 1.29 is 4.79 Å². The molecule has 0 aliphatic heterocycles. The first kappa shape index (κ1) is 18.9. The summed E-state index contributed by atoms with van der Waals surface area (Å²) in [6.07, 6.45) is 3.94. The van der Waals surface area contributed by atoms with E-state index in [4.69, 9.17) is 0 Å². The van der Waals surface area contributed by atoms with Crippen LogP contribution < -0.4 is 10.6 Å². The van der Waals surface area contributed by atoms with Gasteiger partial charge in [-0.05, 0) is 54.8 Å². The molecular weight excluding hydrogens is 360 g/mol. The van der Waals surface area contributed by atoms with Gasteiger partial charge < -0.3 is 9.72 Å². The third kappa shape index (κ3) is 4.52. The van der Waals surface area contributed by atoms with Gasteiger partial charge in [-0.15, -0.1) is 0 Å². The lowest BCUT2D eigenvalue weighted by Crippen LogP contribution is -2.32. The molecule has 0 aliphatic carbocycles. The van der Waals surface area contributed by atoms with Crippen molar-refractivity contribution in [3.8, 4) is 0 Å². The predicted octanol–water partition coefficient (Wildman–Crippen LogP) is 4.42. The number of carbonyl (C=O) groups is 1. The molecule has 0 unspecified atom stereocenters. The van der Waals surface area contributed by atoms with E-state index in [9.17, 15) is 4.79 Å². The van der Waals surface area contributed by atoms with Gasteiger partial charge in [-0.1, -0.05) is 42.5 Å². The Hall–Kier alpha value is -3.44. The zero-order valence-corrected chi connectivity index (χ0v) is 16.6. The molecule has 2 heterocycles. The minimum absolute atomic E-state index is 0.0926. The van der Waals surface area contributed by atoms with Crippen molar-refractivity contribution in [3.05, 3.63) is 102 Å². The average molecular weight is 384 g/mol. The maximum atomic E-state index is 13.1. The Morgan fingerprint density at radius 3 is 2.45 bits per heavy atom. The summed E-state index contributed by atoms with van der Waals surface area (Å²) in [6.45, 7) is 4.54. The van der Waals surface area contributed by atoms with Crippen LogP contribution in [0.5, 0.6) is 0 Å². The van der Waals surface area contributed by atoms with Crippen LogP contribution in [0.2, 0.25) is 0 Å². The third-order valence-electron chi connectivity index (χ3n) is 4.79. The molecule has 2 aromatic heterocycles. The van der Waals surface area contributed by atoms with Crippen LogP contribution in [-0.4, -0.2) is 15.3 Å². The molecule has 0 spiro atoms. The molecule has 4 aromatic rings. The Balaban J connectivity index is 1.55. The summed E-state index contributed by atoms with van der Waals surface area (Å²) in [5.74, 6) is -0.0926. The van der Waals surface area contributed by atoms with E-state index >= 15 is 0 Å². The Kier molecular flexibility index (Phi) is 5.40. The van der Waals surface area contributed by atoms with Crippen LogP contribution in [0, 0.1) is 13.8 Å². The zero-order valence-electron chi connectivity index (χ0n) is 16.6. The van der Waals surface area contributed by atoms with Crippen LogP contribution in [0.4, 0.5) is 5.69 Å². The van der Waals surface area contributed by atoms with Gasteiger partial charge in [0.1, 0.15) is 11.7 Å². The van der Waals surface area contributed by atoms with Crippen molar-refractivity contribution in [2.75, 3.05) is 5.32 Å². The van der Waals surface area contributed by atoms with Gasteiger partial charge in [-0.3, -0.25) is 10.1 Å². The number of rotatable bonds is 6. The average Bonchev–Trinajstić information content (AvgIpc) is 3.11. The molecular formula is C24H24N4O. The van der Waals surface area contributed by atoms with Gasteiger partial charge >= 0.3 is 0 Å². The first-order valence-electron chi connectivity index (χ1n) is 9.68. The van der Waals surface area contributed by atoms with E-state index in [0.29, 0.717) is 6.54 Å². The normalized spacial score (nSPS) is 12.1. The van der Waals surface area contributed by atoms with Crippen LogP contribution in [-0.2, 0) is 11.3 Å². The fourth-order valence-corrected chi connectivity index (χ4v) is 3.55. The van der Waals surface area contributed by atoms with Gasteiger partial charge in [-0.2, -0.15) is 0 Å². The van der Waals surface area contributed by atoms with Crippen LogP contribution >= 0.6 is 0 Å². The lowest BCUT2D eigenvalue weighted by molar-refractivity contribution is -0.118. The van der Waals surface area contributed by atoms with E-state index in [1.807, 2.05) is 91.3 Å². The molecule has 29 heavy (non-hydrogen) atoms. The second kappa shape index (κ2) is 8.29. The number of imidazole rings is 1. The number of carbonyl (C=O) groups excluding carboxylic acids is 1. The van der Waals surface area contributed by atoms with Crippen molar-refractivity contribution in [2.45, 2.75) is 26.4 Å². The monoisotopic (exact) mass is 384 g/mol. The summed E-state index contributed by atoms with van der Waals surface area (Å²) < 4.78 is 1.98. The molecule has 0 fully saturated rings. The van der Waals surface area contributed by atoms with Crippen LogP contribution in [0.1, 0.15) is 28.4 Å². The summed E-state index contributed by atoms with van der Waals surface area (Å²) >= 11 is 0. The first-order chi connectivity index (χ1) is 14.1. The minimum atomic E-state index is -0.484. The Labute approximate surface area is 170 Å². The van der Waals surface area contributed by atoms with Crippen molar-refractivity contribution in [1.82, 2.24) is 14.7 Å². The summed E-state index contributed by atoms with van der Waals surface area (Å²) in [6, 6.07) is 21.2. The number of amides is 1. The van der Waals surface area contributed by atoms with E-state index in [-0.39, 0.29) is 5.91 Å². The molecule has 5 heteroatoms. The molecule has 0 radical (unpaired) electrons. The predicted molar refractivity (Wildman–Crippen MR) is 116 cm³/mol. The first-order valence-corrected chi connectivity index (χ1v) is 9.68. The maximum Gasteiger partial charge on any atom is 0.246 e. The highest BCUT2D eigenvalue weighted by Crippen LogP contribution is 2.19. The lowest BCUT2D eigenvalue weighted by Gasteiger charge is -2.19. The van der Waals surface area contributed by atoms with Crippen molar-refractivity contribution >= 4 is 17.2 Å². The molecule has 0 bridgehead atoms. The van der Waals surface area contributed by atoms with Crippen LogP contribution in [0.25, 0.3) is 5.65 Å². The molecule has 5 nitrogen and oxygen atoms in total. The Bertz CT molecular complexity index is 1080. The molecule has 0 saturated carbocycles. The molecule has 1 amide bonds. The highest BCUT2D eigenvalue weighted by Gasteiger charge is 2.21. The van der Waals surface area contributed by atoms with E-state index in [1.165, 1.54) is 0 Å². The fraction of sp³-hybridized carbons (Fsp3) is 0.167. The second-order valence-electron chi connectivity index (χ2n) is 7.29. The number of aryl methyl sites for hydroxylation is 2. The molecule has 0 aliphatic rings. The van der Waals surface area contributed by atoms with Gasteiger partial charge in [0, 0.05) is 24.6 Å². The molecule has 0 saturated heterocycles. The quantitative estimate of drug-likeness (QED) is 0.517. The van der Waals surface area contributed by atoms with Gasteiger partial charge in [0.25, 0.3) is 0 Å². The van der Waals surface area contributed by atoms with Crippen molar-refractivity contribution in [2.24, 2.45) is 0 Å². The number of nitrogens with one attached hydrogen (secondary N) is 2. The van der Waals surface area contributed by atoms with Crippen molar-refractivity contribution in [1.29, 1.82) is 0 Å². The zero-order chi connectivity index (χ0) is 20.2. The number of hydrogen-bond donors (Lipinski definition) is 2. The van der Waals surface area contributed by atoms with E-state index in [1.54, 1.807) is 0 Å². The summed E-state index contributed by atoms with van der Waals surface area (Å²) in [5, 5.41) is 6.43. The number of nitrogens with zero attached hydrogens (tertiary/aromatic N) is 2. The number of anilines is 1.